The molecule has 7 heteroatoms. The molecule has 1 N–H and O–H groups in total. The molecule has 0 bridgehead atoms. The van der Waals surface area contributed by atoms with Crippen LogP contribution in [0.4, 0.5) is 0 Å². The van der Waals surface area contributed by atoms with Crippen molar-refractivity contribution in [2.24, 2.45) is 5.92 Å². The van der Waals surface area contributed by atoms with Crippen LogP contribution in [0.1, 0.15) is 33.6 Å². The van der Waals surface area contributed by atoms with Crippen LogP contribution in [-0.2, 0) is 11.3 Å². The van der Waals surface area contributed by atoms with Crippen molar-refractivity contribution in [2.45, 2.75) is 56.6 Å². The van der Waals surface area contributed by atoms with Crippen LogP contribution in [-0.4, -0.2) is 32.0 Å². The minimum absolute atomic E-state index is 0.0659. The Bertz CT molecular complexity index is 662. The lowest BCUT2D eigenvalue weighted by atomic mass is 10.2. The first-order valence-electron chi connectivity index (χ1n) is 7.98. The Morgan fingerprint density at radius 1 is 1.43 bits per heavy atom. The number of hydrogen-bond donors (Lipinski definition) is 1. The fourth-order valence-electron chi connectivity index (χ4n) is 2.25. The third-order valence-electron chi connectivity index (χ3n) is 3.58. The van der Waals surface area contributed by atoms with Gasteiger partial charge in [0.15, 0.2) is 16.7 Å². The number of nitrogens with one attached hydrogen (secondary N) is 1. The topological polar surface area (TPSA) is 73.0 Å². The van der Waals surface area contributed by atoms with Gasteiger partial charge in [0.1, 0.15) is 0 Å². The first-order valence-corrected chi connectivity index (χ1v) is 8.86. The number of carbonyl (C=O) groups excluding carboxylic acids is 1. The van der Waals surface area contributed by atoms with Gasteiger partial charge in [0.05, 0.1) is 11.5 Å². The molecule has 2 heterocycles. The van der Waals surface area contributed by atoms with Crippen molar-refractivity contribution in [1.82, 2.24) is 20.1 Å². The zero-order chi connectivity index (χ0) is 16.4. The maximum absolute atomic E-state index is 12.2. The Balaban J connectivity index is 1.78. The Labute approximate surface area is 140 Å². The second-order valence-electron chi connectivity index (χ2n) is 6.33. The van der Waals surface area contributed by atoms with E-state index in [0.29, 0.717) is 23.5 Å². The monoisotopic (exact) mass is 334 g/mol. The third-order valence-corrected chi connectivity index (χ3v) is 4.66. The average molecular weight is 334 g/mol. The molecule has 0 aliphatic heterocycles. The molecule has 124 valence electrons. The molecule has 1 saturated carbocycles. The summed E-state index contributed by atoms with van der Waals surface area (Å²) in [5.41, 5.74) is 0. The lowest BCUT2D eigenvalue weighted by Crippen LogP contribution is -2.32. The predicted octanol–water partition coefficient (Wildman–Crippen LogP) is 2.95. The van der Waals surface area contributed by atoms with Gasteiger partial charge < -0.3 is 9.73 Å². The van der Waals surface area contributed by atoms with Gasteiger partial charge in [0, 0.05) is 12.6 Å². The number of furan rings is 1. The average Bonchev–Trinajstić information content (AvgIpc) is 2.99. The van der Waals surface area contributed by atoms with Gasteiger partial charge in [0.2, 0.25) is 5.91 Å². The van der Waals surface area contributed by atoms with E-state index in [-0.39, 0.29) is 11.2 Å². The van der Waals surface area contributed by atoms with Crippen LogP contribution in [0.2, 0.25) is 0 Å². The zero-order valence-electron chi connectivity index (χ0n) is 13.7. The number of nitrogens with zero attached hydrogens (tertiary/aromatic N) is 3. The molecule has 1 aliphatic carbocycles. The molecule has 0 aromatic carbocycles. The molecular weight excluding hydrogens is 312 g/mol. The van der Waals surface area contributed by atoms with Crippen LogP contribution in [0.15, 0.2) is 28.0 Å². The molecule has 1 atom stereocenters. The summed E-state index contributed by atoms with van der Waals surface area (Å²) in [6, 6.07) is 4.08. The van der Waals surface area contributed by atoms with Gasteiger partial charge in [-0.2, -0.15) is 0 Å². The van der Waals surface area contributed by atoms with Gasteiger partial charge >= 0.3 is 0 Å². The highest BCUT2D eigenvalue weighted by Crippen LogP contribution is 2.28. The SMILES string of the molecule is CC(C)Cn1c(SC(C)C(=O)NC2CC2)nnc1-c1ccco1. The number of amides is 1. The summed E-state index contributed by atoms with van der Waals surface area (Å²) in [5.74, 6) is 1.91. The minimum Gasteiger partial charge on any atom is -0.461 e. The maximum atomic E-state index is 12.2. The molecule has 6 nitrogen and oxygen atoms in total. The van der Waals surface area contributed by atoms with Crippen molar-refractivity contribution in [1.29, 1.82) is 0 Å². The standard InChI is InChI=1S/C16H22N4O2S/c1-10(2)9-20-14(13-5-4-8-22-13)18-19-16(20)23-11(3)15(21)17-12-6-7-12/h4-5,8,10-12H,6-7,9H2,1-3H3,(H,17,21). The van der Waals surface area contributed by atoms with Crippen LogP contribution in [0.5, 0.6) is 0 Å². The van der Waals surface area contributed by atoms with Gasteiger partial charge in [-0.05, 0) is 37.8 Å². The van der Waals surface area contributed by atoms with Gasteiger partial charge in [-0.3, -0.25) is 9.36 Å². The summed E-state index contributed by atoms with van der Waals surface area (Å²) in [7, 11) is 0. The van der Waals surface area contributed by atoms with Crippen molar-refractivity contribution in [3.8, 4) is 11.6 Å². The van der Waals surface area contributed by atoms with E-state index in [0.717, 1.165) is 24.5 Å². The van der Waals surface area contributed by atoms with Crippen molar-refractivity contribution < 1.29 is 9.21 Å². The summed E-state index contributed by atoms with van der Waals surface area (Å²) < 4.78 is 7.49. The summed E-state index contributed by atoms with van der Waals surface area (Å²) in [6.45, 7) is 6.97. The molecular formula is C16H22N4O2S. The normalized spacial score (nSPS) is 15.8. The number of rotatable bonds is 7. The summed E-state index contributed by atoms with van der Waals surface area (Å²) in [4.78, 5) is 12.2. The Kier molecular flexibility index (Phi) is 4.75. The van der Waals surface area contributed by atoms with Gasteiger partial charge in [-0.1, -0.05) is 25.6 Å². The van der Waals surface area contributed by atoms with Crippen molar-refractivity contribution in [2.75, 3.05) is 0 Å². The lowest BCUT2D eigenvalue weighted by Gasteiger charge is -2.14. The highest BCUT2D eigenvalue weighted by molar-refractivity contribution is 8.00. The second kappa shape index (κ2) is 6.78. The van der Waals surface area contributed by atoms with E-state index >= 15 is 0 Å². The molecule has 23 heavy (non-hydrogen) atoms. The van der Waals surface area contributed by atoms with Gasteiger partial charge in [-0.25, -0.2) is 0 Å². The van der Waals surface area contributed by atoms with E-state index in [4.69, 9.17) is 4.42 Å². The molecule has 0 saturated heterocycles. The van der Waals surface area contributed by atoms with Crippen LogP contribution < -0.4 is 5.32 Å². The van der Waals surface area contributed by atoms with Crippen molar-refractivity contribution in [3.63, 3.8) is 0 Å². The molecule has 1 unspecified atom stereocenters. The molecule has 0 radical (unpaired) electrons. The minimum atomic E-state index is -0.199. The highest BCUT2D eigenvalue weighted by Gasteiger charge is 2.27. The van der Waals surface area contributed by atoms with Crippen LogP contribution >= 0.6 is 11.8 Å². The fraction of sp³-hybridized carbons (Fsp3) is 0.562. The van der Waals surface area contributed by atoms with Crippen LogP contribution in [0, 0.1) is 5.92 Å². The van der Waals surface area contributed by atoms with Gasteiger partial charge in [0.25, 0.3) is 0 Å². The van der Waals surface area contributed by atoms with E-state index in [9.17, 15) is 4.79 Å². The fourth-order valence-corrected chi connectivity index (χ4v) is 3.12. The quantitative estimate of drug-likeness (QED) is 0.788. The van der Waals surface area contributed by atoms with E-state index < -0.39 is 0 Å². The first-order chi connectivity index (χ1) is 11.0. The first kappa shape index (κ1) is 16.1. The van der Waals surface area contributed by atoms with Gasteiger partial charge in [-0.15, -0.1) is 10.2 Å². The van der Waals surface area contributed by atoms with E-state index in [2.05, 4.69) is 29.4 Å². The Morgan fingerprint density at radius 3 is 2.83 bits per heavy atom. The third kappa shape index (κ3) is 3.96. The lowest BCUT2D eigenvalue weighted by molar-refractivity contribution is -0.120. The Hall–Kier alpha value is -1.76. The summed E-state index contributed by atoms with van der Waals surface area (Å²) >= 11 is 1.44. The van der Waals surface area contributed by atoms with E-state index in [1.807, 2.05) is 23.6 Å². The molecule has 1 amide bonds. The smallest absolute Gasteiger partial charge is 0.233 e. The maximum Gasteiger partial charge on any atom is 0.233 e. The number of thioether (sulfide) groups is 1. The summed E-state index contributed by atoms with van der Waals surface area (Å²) in [5, 5.41) is 12.1. The molecule has 1 fully saturated rings. The molecule has 0 spiro atoms. The van der Waals surface area contributed by atoms with Crippen LogP contribution in [0.25, 0.3) is 11.6 Å². The van der Waals surface area contributed by atoms with E-state index in [1.54, 1.807) is 6.26 Å². The summed E-state index contributed by atoms with van der Waals surface area (Å²) in [6.07, 6.45) is 3.81. The molecule has 2 aromatic rings. The van der Waals surface area contributed by atoms with Crippen molar-refractivity contribution in [3.05, 3.63) is 18.4 Å². The predicted molar refractivity (Wildman–Crippen MR) is 89.0 cm³/mol. The highest BCUT2D eigenvalue weighted by atomic mass is 32.2. The van der Waals surface area contributed by atoms with E-state index in [1.165, 1.54) is 11.8 Å². The second-order valence-corrected chi connectivity index (χ2v) is 7.64. The molecule has 2 aromatic heterocycles. The Morgan fingerprint density at radius 2 is 2.22 bits per heavy atom. The van der Waals surface area contributed by atoms with Crippen LogP contribution in [0.3, 0.4) is 0 Å². The number of aromatic nitrogens is 3. The number of carbonyl (C=O) groups is 1. The number of hydrogen-bond acceptors (Lipinski definition) is 5. The zero-order valence-corrected chi connectivity index (χ0v) is 14.5. The van der Waals surface area contributed by atoms with Crippen molar-refractivity contribution >= 4 is 17.7 Å². The molecule has 3 rings (SSSR count). The molecule has 1 aliphatic rings. The largest absolute Gasteiger partial charge is 0.461 e.